The average molecular weight is 230 g/mol. The zero-order valence-corrected chi connectivity index (χ0v) is 9.73. The zero-order valence-electron chi connectivity index (χ0n) is 9.73. The highest BCUT2D eigenvalue weighted by atomic mass is 16.5. The molecule has 94 valence electrons. The van der Waals surface area contributed by atoms with Gasteiger partial charge in [-0.3, -0.25) is 4.79 Å². The van der Waals surface area contributed by atoms with Gasteiger partial charge in [-0.15, -0.1) is 0 Å². The number of nitrogens with two attached hydrogens (primary N) is 1. The minimum absolute atomic E-state index is 0.0651. The summed E-state index contributed by atoms with van der Waals surface area (Å²) < 4.78 is 5.43. The van der Waals surface area contributed by atoms with Crippen molar-refractivity contribution < 1.29 is 14.6 Å². The molecular weight excluding hydrogens is 208 g/mol. The number of piperidine rings is 1. The van der Waals surface area contributed by atoms with Gasteiger partial charge in [-0.2, -0.15) is 0 Å². The summed E-state index contributed by atoms with van der Waals surface area (Å²) in [5.74, 6) is 0.200. The van der Waals surface area contributed by atoms with Crippen molar-refractivity contribution in [1.29, 1.82) is 0 Å². The summed E-state index contributed by atoms with van der Waals surface area (Å²) in [7, 11) is 0. The van der Waals surface area contributed by atoms with Gasteiger partial charge in [0.1, 0.15) is 0 Å². The van der Waals surface area contributed by atoms with Crippen molar-refractivity contribution in [3.63, 3.8) is 0 Å². The van der Waals surface area contributed by atoms with Crippen LogP contribution in [0.4, 0.5) is 0 Å². The molecule has 5 nitrogen and oxygen atoms in total. The second-order valence-corrected chi connectivity index (χ2v) is 4.07. The highest BCUT2D eigenvalue weighted by Gasteiger charge is 2.22. The zero-order chi connectivity index (χ0) is 11.8. The molecule has 0 saturated carbocycles. The highest BCUT2D eigenvalue weighted by Crippen LogP contribution is 2.14. The molecule has 0 bridgehead atoms. The maximum Gasteiger partial charge on any atom is 0.222 e. The first-order valence-electron chi connectivity index (χ1n) is 5.98. The molecule has 0 spiro atoms. The lowest BCUT2D eigenvalue weighted by Crippen LogP contribution is -2.41. The Kier molecular flexibility index (Phi) is 6.37. The van der Waals surface area contributed by atoms with Gasteiger partial charge >= 0.3 is 0 Å². The molecule has 1 fully saturated rings. The van der Waals surface area contributed by atoms with E-state index in [0.29, 0.717) is 19.6 Å². The Morgan fingerprint density at radius 3 is 2.69 bits per heavy atom. The summed E-state index contributed by atoms with van der Waals surface area (Å²) in [4.78, 5) is 13.6. The van der Waals surface area contributed by atoms with E-state index in [-0.39, 0.29) is 18.6 Å². The third-order valence-corrected chi connectivity index (χ3v) is 2.83. The van der Waals surface area contributed by atoms with Crippen LogP contribution >= 0.6 is 0 Å². The number of likely N-dealkylation sites (tertiary alicyclic amines) is 1. The minimum Gasteiger partial charge on any atom is -0.394 e. The Hall–Kier alpha value is -0.650. The summed E-state index contributed by atoms with van der Waals surface area (Å²) in [5, 5.41) is 8.63. The fraction of sp³-hybridized carbons (Fsp3) is 0.909. The van der Waals surface area contributed by atoms with Crippen LogP contribution in [0.2, 0.25) is 0 Å². The van der Waals surface area contributed by atoms with Gasteiger partial charge in [0.15, 0.2) is 0 Å². The Morgan fingerprint density at radius 1 is 1.44 bits per heavy atom. The molecule has 0 aromatic heterocycles. The van der Waals surface area contributed by atoms with E-state index in [2.05, 4.69) is 0 Å². The minimum atomic E-state index is 0.0651. The maximum atomic E-state index is 11.7. The molecule has 1 saturated heterocycles. The van der Waals surface area contributed by atoms with Gasteiger partial charge in [0, 0.05) is 19.5 Å². The molecule has 0 radical (unpaired) electrons. The van der Waals surface area contributed by atoms with Gasteiger partial charge in [0.25, 0.3) is 0 Å². The number of carbonyl (C=O) groups is 1. The van der Waals surface area contributed by atoms with Crippen LogP contribution in [0.15, 0.2) is 0 Å². The van der Waals surface area contributed by atoms with E-state index >= 15 is 0 Å². The van der Waals surface area contributed by atoms with Gasteiger partial charge in [0.05, 0.1) is 19.3 Å². The van der Waals surface area contributed by atoms with E-state index in [1.165, 1.54) is 0 Å². The maximum absolute atomic E-state index is 11.7. The molecule has 0 aliphatic carbocycles. The van der Waals surface area contributed by atoms with Crippen LogP contribution in [0, 0.1) is 0 Å². The molecule has 0 aromatic carbocycles. The lowest BCUT2D eigenvalue weighted by atomic mass is 10.1. The molecule has 0 unspecified atom stereocenters. The number of rotatable bonds is 6. The number of carbonyl (C=O) groups excluding carboxylic acids is 1. The molecule has 5 heteroatoms. The summed E-state index contributed by atoms with van der Waals surface area (Å²) in [6, 6.07) is 0. The fourth-order valence-corrected chi connectivity index (χ4v) is 1.90. The van der Waals surface area contributed by atoms with Crippen LogP contribution in [-0.4, -0.2) is 54.9 Å². The molecule has 1 heterocycles. The quantitative estimate of drug-likeness (QED) is 0.658. The van der Waals surface area contributed by atoms with Crippen molar-refractivity contribution in [2.75, 3.05) is 32.8 Å². The first-order chi connectivity index (χ1) is 7.77. The number of hydrogen-bond acceptors (Lipinski definition) is 4. The van der Waals surface area contributed by atoms with Gasteiger partial charge in [0.2, 0.25) is 5.91 Å². The predicted molar refractivity (Wildman–Crippen MR) is 60.9 cm³/mol. The number of aliphatic hydroxyl groups excluding tert-OH is 1. The highest BCUT2D eigenvalue weighted by molar-refractivity contribution is 5.76. The van der Waals surface area contributed by atoms with Crippen LogP contribution in [0.1, 0.15) is 25.7 Å². The molecule has 0 atom stereocenters. The second kappa shape index (κ2) is 7.60. The van der Waals surface area contributed by atoms with Gasteiger partial charge in [-0.05, 0) is 25.8 Å². The van der Waals surface area contributed by atoms with Gasteiger partial charge < -0.3 is 20.5 Å². The molecule has 1 rings (SSSR count). The van der Waals surface area contributed by atoms with Crippen molar-refractivity contribution in [1.82, 2.24) is 4.90 Å². The van der Waals surface area contributed by atoms with Crippen molar-refractivity contribution in [3.8, 4) is 0 Å². The van der Waals surface area contributed by atoms with E-state index in [1.54, 1.807) is 0 Å². The summed E-state index contributed by atoms with van der Waals surface area (Å²) in [6.07, 6.45) is 3.26. The molecule has 16 heavy (non-hydrogen) atoms. The molecule has 3 N–H and O–H groups in total. The first kappa shape index (κ1) is 13.4. The van der Waals surface area contributed by atoms with E-state index in [1.807, 2.05) is 4.90 Å². The summed E-state index contributed by atoms with van der Waals surface area (Å²) >= 11 is 0. The second-order valence-electron chi connectivity index (χ2n) is 4.07. The monoisotopic (exact) mass is 230 g/mol. The van der Waals surface area contributed by atoms with E-state index in [4.69, 9.17) is 15.6 Å². The lowest BCUT2D eigenvalue weighted by Gasteiger charge is -2.31. The SMILES string of the molecule is NCCCC(=O)N1CCC(OCCO)CC1. The smallest absolute Gasteiger partial charge is 0.222 e. The molecule has 1 amide bonds. The topological polar surface area (TPSA) is 75.8 Å². The van der Waals surface area contributed by atoms with Crippen LogP contribution in [0.5, 0.6) is 0 Å². The molecule has 0 aromatic rings. The Balaban J connectivity index is 2.18. The van der Waals surface area contributed by atoms with E-state index < -0.39 is 0 Å². The standard InChI is InChI=1S/C11H22N2O3/c12-5-1-2-11(15)13-6-3-10(4-7-13)16-9-8-14/h10,14H,1-9,12H2. The van der Waals surface area contributed by atoms with Gasteiger partial charge in [-0.1, -0.05) is 0 Å². The van der Waals surface area contributed by atoms with Crippen molar-refractivity contribution in [2.24, 2.45) is 5.73 Å². The number of amides is 1. The van der Waals surface area contributed by atoms with Crippen LogP contribution in [0.25, 0.3) is 0 Å². The fourth-order valence-electron chi connectivity index (χ4n) is 1.90. The van der Waals surface area contributed by atoms with E-state index in [9.17, 15) is 4.79 Å². The Labute approximate surface area is 96.6 Å². The van der Waals surface area contributed by atoms with Crippen LogP contribution < -0.4 is 5.73 Å². The van der Waals surface area contributed by atoms with Crippen LogP contribution in [0.3, 0.4) is 0 Å². The summed E-state index contributed by atoms with van der Waals surface area (Å²) in [5.41, 5.74) is 5.37. The van der Waals surface area contributed by atoms with Crippen molar-refractivity contribution in [3.05, 3.63) is 0 Å². The molecular formula is C11H22N2O3. The Bertz CT molecular complexity index is 203. The number of nitrogens with zero attached hydrogens (tertiary/aromatic N) is 1. The largest absolute Gasteiger partial charge is 0.394 e. The lowest BCUT2D eigenvalue weighted by molar-refractivity contribution is -0.134. The first-order valence-corrected chi connectivity index (χ1v) is 5.98. The number of ether oxygens (including phenoxy) is 1. The third kappa shape index (κ3) is 4.47. The van der Waals surface area contributed by atoms with Crippen molar-refractivity contribution in [2.45, 2.75) is 31.8 Å². The van der Waals surface area contributed by atoms with E-state index in [0.717, 1.165) is 32.4 Å². The summed E-state index contributed by atoms with van der Waals surface area (Å²) in [6.45, 7) is 2.56. The number of hydrogen-bond donors (Lipinski definition) is 2. The third-order valence-electron chi connectivity index (χ3n) is 2.83. The normalized spacial score (nSPS) is 17.8. The molecule has 1 aliphatic rings. The molecule has 1 aliphatic heterocycles. The van der Waals surface area contributed by atoms with Gasteiger partial charge in [-0.25, -0.2) is 0 Å². The predicted octanol–water partition coefficient (Wildman–Crippen LogP) is -0.275. The van der Waals surface area contributed by atoms with Crippen LogP contribution in [-0.2, 0) is 9.53 Å². The average Bonchev–Trinajstić information content (AvgIpc) is 2.34. The number of aliphatic hydroxyl groups is 1. The Morgan fingerprint density at radius 2 is 2.12 bits per heavy atom. The van der Waals surface area contributed by atoms with Crippen molar-refractivity contribution >= 4 is 5.91 Å².